The Balaban J connectivity index is 2.32. The minimum atomic E-state index is -0.565. The first-order chi connectivity index (χ1) is 8.13. The van der Waals surface area contributed by atoms with Crippen molar-refractivity contribution >= 4 is 15.9 Å². The molecule has 1 N–H and O–H groups in total. The van der Waals surface area contributed by atoms with Crippen molar-refractivity contribution in [3.63, 3.8) is 0 Å². The van der Waals surface area contributed by atoms with Gasteiger partial charge in [-0.15, -0.1) is 0 Å². The van der Waals surface area contributed by atoms with Crippen LogP contribution in [0, 0.1) is 11.7 Å². The molecule has 94 valence electrons. The molecule has 17 heavy (non-hydrogen) atoms. The summed E-state index contributed by atoms with van der Waals surface area (Å²) in [6.45, 7) is 0. The maximum Gasteiger partial charge on any atom is 0.141 e. The van der Waals surface area contributed by atoms with Crippen LogP contribution in [0.5, 0.6) is 5.75 Å². The van der Waals surface area contributed by atoms with Crippen molar-refractivity contribution in [1.82, 2.24) is 0 Å². The highest BCUT2D eigenvalue weighted by molar-refractivity contribution is 9.10. The van der Waals surface area contributed by atoms with Gasteiger partial charge in [0.15, 0.2) is 0 Å². The average Bonchev–Trinajstić information content (AvgIpc) is 2.84. The number of ether oxygens (including phenoxy) is 1. The van der Waals surface area contributed by atoms with Crippen LogP contribution in [0.1, 0.15) is 37.4 Å². The number of aliphatic hydroxyl groups is 1. The summed E-state index contributed by atoms with van der Waals surface area (Å²) in [5, 5.41) is 10.3. The standard InChI is InChI=1S/C13H16BrFO2/c1-17-12-7-11(15)10(14)6-9(12)13(16)8-4-2-3-5-8/h6-8,13,16H,2-5H2,1H3. The zero-order chi connectivity index (χ0) is 12.4. The van der Waals surface area contributed by atoms with Gasteiger partial charge in [-0.2, -0.15) is 0 Å². The Morgan fingerprint density at radius 3 is 2.65 bits per heavy atom. The van der Waals surface area contributed by atoms with Crippen molar-refractivity contribution in [3.05, 3.63) is 28.0 Å². The molecule has 0 heterocycles. The van der Waals surface area contributed by atoms with E-state index in [0.717, 1.165) is 25.7 Å². The van der Waals surface area contributed by atoms with E-state index in [2.05, 4.69) is 15.9 Å². The molecule has 4 heteroatoms. The Kier molecular flexibility index (Phi) is 4.05. The van der Waals surface area contributed by atoms with Gasteiger partial charge in [-0.05, 0) is 40.8 Å². The highest BCUT2D eigenvalue weighted by Crippen LogP contribution is 2.40. The SMILES string of the molecule is COc1cc(F)c(Br)cc1C(O)C1CCCC1. The van der Waals surface area contributed by atoms with Gasteiger partial charge in [0, 0.05) is 11.6 Å². The Bertz CT molecular complexity index is 403. The van der Waals surface area contributed by atoms with Crippen LogP contribution in [0.15, 0.2) is 16.6 Å². The molecule has 1 atom stereocenters. The molecular weight excluding hydrogens is 287 g/mol. The molecule has 1 aliphatic rings. The van der Waals surface area contributed by atoms with E-state index in [9.17, 15) is 9.50 Å². The second-order valence-electron chi connectivity index (χ2n) is 4.50. The molecule has 0 aromatic heterocycles. The first kappa shape index (κ1) is 12.8. The lowest BCUT2D eigenvalue weighted by Crippen LogP contribution is -2.10. The van der Waals surface area contributed by atoms with E-state index < -0.39 is 6.10 Å². The summed E-state index contributed by atoms with van der Waals surface area (Å²) in [4.78, 5) is 0. The number of aliphatic hydroxyl groups excluding tert-OH is 1. The summed E-state index contributed by atoms with van der Waals surface area (Å²) < 4.78 is 18.9. The summed E-state index contributed by atoms with van der Waals surface area (Å²) in [6.07, 6.45) is 3.81. The van der Waals surface area contributed by atoms with Crippen molar-refractivity contribution in [3.8, 4) is 5.75 Å². The van der Waals surface area contributed by atoms with E-state index >= 15 is 0 Å². The molecule has 0 spiro atoms. The van der Waals surface area contributed by atoms with Crippen molar-refractivity contribution in [2.24, 2.45) is 5.92 Å². The highest BCUT2D eigenvalue weighted by atomic mass is 79.9. The van der Waals surface area contributed by atoms with Crippen LogP contribution in [0.25, 0.3) is 0 Å². The van der Waals surface area contributed by atoms with Crippen molar-refractivity contribution in [2.45, 2.75) is 31.8 Å². The Hall–Kier alpha value is -0.610. The summed E-state index contributed by atoms with van der Waals surface area (Å²) in [6, 6.07) is 2.94. The van der Waals surface area contributed by atoms with Gasteiger partial charge < -0.3 is 9.84 Å². The number of rotatable bonds is 3. The van der Waals surface area contributed by atoms with Crippen molar-refractivity contribution in [2.75, 3.05) is 7.11 Å². The van der Waals surface area contributed by atoms with E-state index in [4.69, 9.17) is 4.74 Å². The van der Waals surface area contributed by atoms with Crippen LogP contribution in [-0.2, 0) is 0 Å². The van der Waals surface area contributed by atoms with E-state index in [1.54, 1.807) is 6.07 Å². The van der Waals surface area contributed by atoms with Crippen LogP contribution in [0.2, 0.25) is 0 Å². The van der Waals surface area contributed by atoms with Gasteiger partial charge in [0.1, 0.15) is 11.6 Å². The topological polar surface area (TPSA) is 29.5 Å². The average molecular weight is 303 g/mol. The third kappa shape index (κ3) is 2.63. The van der Waals surface area contributed by atoms with E-state index in [-0.39, 0.29) is 11.7 Å². The monoisotopic (exact) mass is 302 g/mol. The molecule has 0 bridgehead atoms. The molecule has 2 nitrogen and oxygen atoms in total. The number of halogens is 2. The largest absolute Gasteiger partial charge is 0.496 e. The third-order valence-electron chi connectivity index (χ3n) is 3.44. The van der Waals surface area contributed by atoms with Gasteiger partial charge in [0.05, 0.1) is 17.7 Å². The third-order valence-corrected chi connectivity index (χ3v) is 4.05. The second-order valence-corrected chi connectivity index (χ2v) is 5.35. The molecule has 0 aliphatic heterocycles. The quantitative estimate of drug-likeness (QED) is 0.920. The minimum Gasteiger partial charge on any atom is -0.496 e. The molecular formula is C13H16BrFO2. The number of benzene rings is 1. The first-order valence-electron chi connectivity index (χ1n) is 5.84. The molecule has 1 fully saturated rings. The van der Waals surface area contributed by atoms with E-state index in [0.29, 0.717) is 15.8 Å². The molecule has 1 aromatic carbocycles. The lowest BCUT2D eigenvalue weighted by molar-refractivity contribution is 0.108. The van der Waals surface area contributed by atoms with Crippen LogP contribution in [0.4, 0.5) is 4.39 Å². The smallest absolute Gasteiger partial charge is 0.141 e. The normalized spacial score (nSPS) is 18.4. The predicted octanol–water partition coefficient (Wildman–Crippen LogP) is 3.82. The van der Waals surface area contributed by atoms with Crippen molar-refractivity contribution < 1.29 is 14.2 Å². The van der Waals surface area contributed by atoms with E-state index in [1.807, 2.05) is 0 Å². The molecule has 1 saturated carbocycles. The van der Waals surface area contributed by atoms with Crippen LogP contribution < -0.4 is 4.74 Å². The van der Waals surface area contributed by atoms with Gasteiger partial charge in [-0.1, -0.05) is 12.8 Å². The number of methoxy groups -OCH3 is 1. The summed E-state index contributed by atoms with van der Waals surface area (Å²) in [7, 11) is 1.49. The van der Waals surface area contributed by atoms with Gasteiger partial charge in [-0.25, -0.2) is 4.39 Å². The molecule has 0 radical (unpaired) electrons. The molecule has 0 amide bonds. The molecule has 1 unspecified atom stereocenters. The molecule has 1 aromatic rings. The lowest BCUT2D eigenvalue weighted by Gasteiger charge is -2.20. The Morgan fingerprint density at radius 1 is 1.41 bits per heavy atom. The fourth-order valence-electron chi connectivity index (χ4n) is 2.48. The zero-order valence-corrected chi connectivity index (χ0v) is 11.3. The molecule has 1 aliphatic carbocycles. The summed E-state index contributed by atoms with van der Waals surface area (Å²) in [5.74, 6) is 0.315. The van der Waals surface area contributed by atoms with Gasteiger partial charge in [0.2, 0.25) is 0 Å². The molecule has 0 saturated heterocycles. The van der Waals surface area contributed by atoms with Gasteiger partial charge in [0.25, 0.3) is 0 Å². The van der Waals surface area contributed by atoms with Crippen LogP contribution >= 0.6 is 15.9 Å². The summed E-state index contributed by atoms with van der Waals surface area (Å²) in [5.41, 5.74) is 0.674. The van der Waals surface area contributed by atoms with Crippen LogP contribution in [0.3, 0.4) is 0 Å². The number of hydrogen-bond acceptors (Lipinski definition) is 2. The Labute approximate surface area is 109 Å². The first-order valence-corrected chi connectivity index (χ1v) is 6.63. The zero-order valence-electron chi connectivity index (χ0n) is 9.75. The van der Waals surface area contributed by atoms with Crippen molar-refractivity contribution in [1.29, 1.82) is 0 Å². The second kappa shape index (κ2) is 5.36. The maximum atomic E-state index is 13.4. The number of hydrogen-bond donors (Lipinski definition) is 1. The van der Waals surface area contributed by atoms with Crippen LogP contribution in [-0.4, -0.2) is 12.2 Å². The predicted molar refractivity (Wildman–Crippen MR) is 67.6 cm³/mol. The summed E-state index contributed by atoms with van der Waals surface area (Å²) >= 11 is 3.14. The minimum absolute atomic E-state index is 0.265. The fraction of sp³-hybridized carbons (Fsp3) is 0.538. The highest BCUT2D eigenvalue weighted by Gasteiger charge is 2.27. The van der Waals surface area contributed by atoms with E-state index in [1.165, 1.54) is 13.2 Å². The molecule has 2 rings (SSSR count). The lowest BCUT2D eigenvalue weighted by atomic mass is 9.94. The fourth-order valence-corrected chi connectivity index (χ4v) is 2.84. The van der Waals surface area contributed by atoms with Gasteiger partial charge >= 0.3 is 0 Å². The maximum absolute atomic E-state index is 13.4. The Morgan fingerprint density at radius 2 is 2.06 bits per heavy atom. The van der Waals surface area contributed by atoms with Gasteiger partial charge in [-0.3, -0.25) is 0 Å².